The minimum Gasteiger partial charge on any atom is -0.508 e. The standard InChI is InChI=1S/C13H15NO6/c15-8-1-2-9-7(5-8)6-14(10(9)16)11-12(17,18)3-4-13(11,19)20/h1-2,5,11,15,17-20H,3-4,6H2. The summed E-state index contributed by atoms with van der Waals surface area (Å²) in [6, 6.07) is 2.65. The van der Waals surface area contributed by atoms with Crippen LogP contribution in [0.2, 0.25) is 0 Å². The third-order valence-electron chi connectivity index (χ3n) is 3.97. The number of aromatic hydroxyl groups is 1. The van der Waals surface area contributed by atoms with E-state index in [0.717, 1.165) is 4.90 Å². The van der Waals surface area contributed by atoms with Gasteiger partial charge in [-0.05, 0) is 23.8 Å². The van der Waals surface area contributed by atoms with Crippen LogP contribution in [0.3, 0.4) is 0 Å². The van der Waals surface area contributed by atoms with Gasteiger partial charge in [0.05, 0.1) is 0 Å². The van der Waals surface area contributed by atoms with E-state index in [1.807, 2.05) is 0 Å². The molecule has 2 aliphatic rings. The molecule has 1 fully saturated rings. The van der Waals surface area contributed by atoms with Gasteiger partial charge >= 0.3 is 0 Å². The molecule has 0 bridgehead atoms. The predicted molar refractivity (Wildman–Crippen MR) is 65.3 cm³/mol. The Hall–Kier alpha value is -1.67. The highest BCUT2D eigenvalue weighted by Gasteiger charge is 2.59. The lowest BCUT2D eigenvalue weighted by Crippen LogP contribution is -2.59. The maximum atomic E-state index is 12.3. The van der Waals surface area contributed by atoms with Crippen LogP contribution in [-0.2, 0) is 6.54 Å². The zero-order valence-corrected chi connectivity index (χ0v) is 10.5. The molecular weight excluding hydrogens is 266 g/mol. The first-order valence-corrected chi connectivity index (χ1v) is 6.25. The van der Waals surface area contributed by atoms with E-state index in [9.17, 15) is 30.3 Å². The first-order valence-electron chi connectivity index (χ1n) is 6.25. The second-order valence-electron chi connectivity index (χ2n) is 5.43. The number of fused-ring (bicyclic) bond motifs is 1. The van der Waals surface area contributed by atoms with Crippen molar-refractivity contribution in [1.29, 1.82) is 0 Å². The second-order valence-corrected chi connectivity index (χ2v) is 5.43. The van der Waals surface area contributed by atoms with E-state index < -0.39 is 23.5 Å². The fraction of sp³-hybridized carbons (Fsp3) is 0.462. The molecule has 5 N–H and O–H groups in total. The molecule has 1 saturated carbocycles. The molecule has 0 saturated heterocycles. The summed E-state index contributed by atoms with van der Waals surface area (Å²) >= 11 is 0. The Bertz CT molecular complexity index is 566. The maximum Gasteiger partial charge on any atom is 0.255 e. The SMILES string of the molecule is O=C1c2ccc(O)cc2CN1C1C(O)(O)CCC1(O)O. The van der Waals surface area contributed by atoms with Gasteiger partial charge in [0.15, 0.2) is 11.6 Å². The van der Waals surface area contributed by atoms with Crippen LogP contribution in [0.15, 0.2) is 18.2 Å². The van der Waals surface area contributed by atoms with Crippen molar-refractivity contribution >= 4 is 5.91 Å². The molecule has 108 valence electrons. The van der Waals surface area contributed by atoms with Crippen LogP contribution in [0.4, 0.5) is 0 Å². The van der Waals surface area contributed by atoms with E-state index in [1.54, 1.807) is 0 Å². The summed E-state index contributed by atoms with van der Waals surface area (Å²) in [5, 5.41) is 49.0. The number of phenolic OH excluding ortho intramolecular Hbond substituents is 1. The number of hydrogen-bond donors (Lipinski definition) is 5. The number of rotatable bonds is 1. The molecule has 0 aromatic heterocycles. The third kappa shape index (κ3) is 1.79. The van der Waals surface area contributed by atoms with Crippen LogP contribution in [0.1, 0.15) is 28.8 Å². The van der Waals surface area contributed by atoms with E-state index >= 15 is 0 Å². The zero-order chi connectivity index (χ0) is 14.7. The number of phenols is 1. The van der Waals surface area contributed by atoms with Crippen molar-refractivity contribution in [1.82, 2.24) is 4.90 Å². The van der Waals surface area contributed by atoms with Crippen LogP contribution in [0.5, 0.6) is 5.75 Å². The van der Waals surface area contributed by atoms with E-state index in [0.29, 0.717) is 11.1 Å². The van der Waals surface area contributed by atoms with Gasteiger partial charge in [0, 0.05) is 24.9 Å². The molecule has 1 aliphatic carbocycles. The minimum absolute atomic E-state index is 0.0108. The number of nitrogens with zero attached hydrogens (tertiary/aromatic N) is 1. The fourth-order valence-electron chi connectivity index (χ4n) is 3.05. The molecule has 0 atom stereocenters. The quantitative estimate of drug-likeness (QED) is 0.415. The minimum atomic E-state index is -2.36. The number of amides is 1. The van der Waals surface area contributed by atoms with Crippen LogP contribution in [0, 0.1) is 0 Å². The van der Waals surface area contributed by atoms with E-state index in [2.05, 4.69) is 0 Å². The topological polar surface area (TPSA) is 121 Å². The molecule has 0 spiro atoms. The molecule has 1 heterocycles. The van der Waals surface area contributed by atoms with Crippen molar-refractivity contribution in [3.05, 3.63) is 29.3 Å². The highest BCUT2D eigenvalue weighted by molar-refractivity contribution is 5.98. The van der Waals surface area contributed by atoms with Crippen LogP contribution >= 0.6 is 0 Å². The van der Waals surface area contributed by atoms with Gasteiger partial charge in [-0.15, -0.1) is 0 Å². The van der Waals surface area contributed by atoms with E-state index in [4.69, 9.17) is 0 Å². The predicted octanol–water partition coefficient (Wildman–Crippen LogP) is -1.13. The Kier molecular flexibility index (Phi) is 2.61. The number of aliphatic hydroxyl groups is 4. The number of benzene rings is 1. The smallest absolute Gasteiger partial charge is 0.255 e. The Morgan fingerprint density at radius 1 is 1.10 bits per heavy atom. The Balaban J connectivity index is 1.99. The van der Waals surface area contributed by atoms with Crippen molar-refractivity contribution in [2.75, 3.05) is 0 Å². The molecule has 1 aromatic carbocycles. The Morgan fingerprint density at radius 2 is 1.70 bits per heavy atom. The Morgan fingerprint density at radius 3 is 2.30 bits per heavy atom. The van der Waals surface area contributed by atoms with Gasteiger partial charge in [-0.3, -0.25) is 4.79 Å². The Labute approximate surface area is 114 Å². The lowest BCUT2D eigenvalue weighted by atomic mass is 10.1. The fourth-order valence-corrected chi connectivity index (χ4v) is 3.05. The largest absolute Gasteiger partial charge is 0.508 e. The molecule has 0 unspecified atom stereocenters. The van der Waals surface area contributed by atoms with Gasteiger partial charge in [0.1, 0.15) is 11.8 Å². The van der Waals surface area contributed by atoms with Crippen LogP contribution in [-0.4, -0.2) is 54.0 Å². The monoisotopic (exact) mass is 281 g/mol. The van der Waals surface area contributed by atoms with Crippen LogP contribution < -0.4 is 0 Å². The summed E-state index contributed by atoms with van der Waals surface area (Å²) in [4.78, 5) is 13.3. The molecule has 7 heteroatoms. The summed E-state index contributed by atoms with van der Waals surface area (Å²) in [6.45, 7) is -0.0149. The lowest BCUT2D eigenvalue weighted by Gasteiger charge is -2.37. The van der Waals surface area contributed by atoms with E-state index in [1.165, 1.54) is 18.2 Å². The first-order chi connectivity index (χ1) is 9.22. The molecule has 1 aliphatic heterocycles. The van der Waals surface area contributed by atoms with Crippen molar-refractivity contribution in [3.8, 4) is 5.75 Å². The number of carbonyl (C=O) groups excluding carboxylic acids is 1. The second kappa shape index (κ2) is 3.92. The molecule has 1 amide bonds. The number of hydrogen-bond acceptors (Lipinski definition) is 6. The molecule has 0 radical (unpaired) electrons. The summed E-state index contributed by atoms with van der Waals surface area (Å²) in [6.07, 6.45) is -0.480. The van der Waals surface area contributed by atoms with Crippen molar-refractivity contribution < 1.29 is 30.3 Å². The summed E-state index contributed by atoms with van der Waals surface area (Å²) in [5.41, 5.74) is 0.815. The van der Waals surface area contributed by atoms with Gasteiger partial charge in [-0.1, -0.05) is 0 Å². The summed E-state index contributed by atoms with van der Waals surface area (Å²) in [7, 11) is 0. The summed E-state index contributed by atoms with van der Waals surface area (Å²) in [5.74, 6) is -5.25. The molecule has 3 rings (SSSR count). The van der Waals surface area contributed by atoms with Gasteiger partial charge < -0.3 is 30.4 Å². The highest BCUT2D eigenvalue weighted by Crippen LogP contribution is 2.41. The zero-order valence-electron chi connectivity index (χ0n) is 10.5. The van der Waals surface area contributed by atoms with Crippen molar-refractivity contribution in [2.45, 2.75) is 37.0 Å². The average molecular weight is 281 g/mol. The van der Waals surface area contributed by atoms with Gasteiger partial charge in [0.25, 0.3) is 5.91 Å². The lowest BCUT2D eigenvalue weighted by molar-refractivity contribution is -0.255. The van der Waals surface area contributed by atoms with Crippen molar-refractivity contribution in [3.63, 3.8) is 0 Å². The summed E-state index contributed by atoms with van der Waals surface area (Å²) < 4.78 is 0. The maximum absolute atomic E-state index is 12.3. The number of carbonyl (C=O) groups is 1. The first kappa shape index (κ1) is 13.3. The highest BCUT2D eigenvalue weighted by atomic mass is 16.5. The molecule has 7 nitrogen and oxygen atoms in total. The van der Waals surface area contributed by atoms with Crippen molar-refractivity contribution in [2.24, 2.45) is 0 Å². The molecule has 1 aromatic rings. The van der Waals surface area contributed by atoms with Gasteiger partial charge in [0.2, 0.25) is 0 Å². The normalized spacial score (nSPS) is 24.2. The van der Waals surface area contributed by atoms with Gasteiger partial charge in [-0.2, -0.15) is 0 Å². The average Bonchev–Trinajstić information content (AvgIpc) is 2.74. The van der Waals surface area contributed by atoms with Gasteiger partial charge in [-0.25, -0.2) is 0 Å². The molecular formula is C13H15NO6. The van der Waals surface area contributed by atoms with E-state index in [-0.39, 0.29) is 25.1 Å². The molecule has 20 heavy (non-hydrogen) atoms. The van der Waals surface area contributed by atoms with Crippen LogP contribution in [0.25, 0.3) is 0 Å². The third-order valence-corrected chi connectivity index (χ3v) is 3.97.